The lowest BCUT2D eigenvalue weighted by Gasteiger charge is -2.52. The molecule has 1 N–H and O–H groups in total. The fourth-order valence-corrected chi connectivity index (χ4v) is 3.48. The van der Waals surface area contributed by atoms with Crippen molar-refractivity contribution in [1.82, 2.24) is 5.32 Å². The molecule has 1 aromatic rings. The highest BCUT2D eigenvalue weighted by atomic mass is 15.0. The van der Waals surface area contributed by atoms with E-state index in [1.807, 2.05) is 0 Å². The second-order valence-corrected chi connectivity index (χ2v) is 8.11. The van der Waals surface area contributed by atoms with E-state index in [2.05, 4.69) is 71.1 Å². The molecule has 0 aromatic heterocycles. The second kappa shape index (κ2) is 5.52. The summed E-state index contributed by atoms with van der Waals surface area (Å²) < 4.78 is 0. The Bertz CT molecular complexity index is 447. The maximum atomic E-state index is 3.75. The molecule has 1 heteroatoms. The van der Waals surface area contributed by atoms with Gasteiger partial charge in [-0.1, -0.05) is 38.1 Å². The minimum absolute atomic E-state index is 0.193. The molecular formula is C19H31N. The Morgan fingerprint density at radius 1 is 1.20 bits per heavy atom. The van der Waals surface area contributed by atoms with E-state index in [1.54, 1.807) is 5.56 Å². The molecule has 1 nitrogen and oxygen atoms in total. The Balaban J connectivity index is 2.21. The van der Waals surface area contributed by atoms with E-state index in [4.69, 9.17) is 0 Å². The van der Waals surface area contributed by atoms with Crippen LogP contribution >= 0.6 is 0 Å². The Hall–Kier alpha value is -0.820. The lowest BCUT2D eigenvalue weighted by Crippen LogP contribution is -2.53. The van der Waals surface area contributed by atoms with E-state index in [0.717, 1.165) is 18.4 Å². The number of nitrogens with one attached hydrogen (secondary N) is 1. The van der Waals surface area contributed by atoms with Gasteiger partial charge in [0.05, 0.1) is 0 Å². The lowest BCUT2D eigenvalue weighted by atomic mass is 9.55. The highest BCUT2D eigenvalue weighted by molar-refractivity contribution is 5.36. The largest absolute Gasteiger partial charge is 0.311 e. The SMILES string of the molecule is Cc1ccccc1C1(CNC(C)(C)C)CC(C(C)C)C1. The van der Waals surface area contributed by atoms with Crippen molar-refractivity contribution >= 4 is 0 Å². The molecule has 1 saturated carbocycles. The number of aryl methyl sites for hydroxylation is 1. The summed E-state index contributed by atoms with van der Waals surface area (Å²) in [4.78, 5) is 0. The third-order valence-electron chi connectivity index (χ3n) is 4.92. The zero-order valence-corrected chi connectivity index (χ0v) is 14.1. The summed E-state index contributed by atoms with van der Waals surface area (Å²) in [5, 5.41) is 3.75. The molecule has 2 rings (SSSR count). The summed E-state index contributed by atoms with van der Waals surface area (Å²) in [5.74, 6) is 1.69. The van der Waals surface area contributed by atoms with Crippen LogP contribution in [0.4, 0.5) is 0 Å². The van der Waals surface area contributed by atoms with Crippen molar-refractivity contribution in [3.63, 3.8) is 0 Å². The van der Waals surface area contributed by atoms with Crippen molar-refractivity contribution in [1.29, 1.82) is 0 Å². The predicted octanol–water partition coefficient (Wildman–Crippen LogP) is 4.69. The highest BCUT2D eigenvalue weighted by Gasteiger charge is 2.47. The normalized spacial score (nSPS) is 26.6. The van der Waals surface area contributed by atoms with Crippen molar-refractivity contribution in [2.75, 3.05) is 6.54 Å². The average molecular weight is 273 g/mol. The first kappa shape index (κ1) is 15.6. The van der Waals surface area contributed by atoms with Crippen LogP contribution in [0.1, 0.15) is 58.6 Å². The molecule has 0 heterocycles. The van der Waals surface area contributed by atoms with Gasteiger partial charge < -0.3 is 5.32 Å². The topological polar surface area (TPSA) is 12.0 Å². The molecule has 20 heavy (non-hydrogen) atoms. The molecule has 0 unspecified atom stereocenters. The number of benzene rings is 1. The minimum atomic E-state index is 0.193. The molecule has 1 aromatic carbocycles. The van der Waals surface area contributed by atoms with E-state index < -0.39 is 0 Å². The molecule has 0 bridgehead atoms. The van der Waals surface area contributed by atoms with Gasteiger partial charge in [-0.05, 0) is 63.5 Å². The number of hydrogen-bond donors (Lipinski definition) is 1. The third kappa shape index (κ3) is 3.25. The minimum Gasteiger partial charge on any atom is -0.311 e. The van der Waals surface area contributed by atoms with Crippen LogP contribution in [-0.2, 0) is 5.41 Å². The van der Waals surface area contributed by atoms with Gasteiger partial charge >= 0.3 is 0 Å². The molecule has 1 aliphatic rings. The molecule has 112 valence electrons. The third-order valence-corrected chi connectivity index (χ3v) is 4.92. The number of rotatable bonds is 4. The first-order valence-corrected chi connectivity index (χ1v) is 8.05. The van der Waals surface area contributed by atoms with Gasteiger partial charge in [0.25, 0.3) is 0 Å². The highest BCUT2D eigenvalue weighted by Crippen LogP contribution is 2.51. The Kier molecular flexibility index (Phi) is 4.30. The fraction of sp³-hybridized carbons (Fsp3) is 0.684. The van der Waals surface area contributed by atoms with Crippen LogP contribution in [0.15, 0.2) is 24.3 Å². The Morgan fingerprint density at radius 3 is 2.30 bits per heavy atom. The molecular weight excluding hydrogens is 242 g/mol. The van der Waals surface area contributed by atoms with Gasteiger partial charge in [0.2, 0.25) is 0 Å². The summed E-state index contributed by atoms with van der Waals surface area (Å²) in [7, 11) is 0. The van der Waals surface area contributed by atoms with E-state index in [0.29, 0.717) is 5.41 Å². The fourth-order valence-electron chi connectivity index (χ4n) is 3.48. The van der Waals surface area contributed by atoms with Crippen molar-refractivity contribution in [3.8, 4) is 0 Å². The number of hydrogen-bond acceptors (Lipinski definition) is 1. The molecule has 0 radical (unpaired) electrons. The maximum Gasteiger partial charge on any atom is 0.00968 e. The summed E-state index contributed by atoms with van der Waals surface area (Å²) in [6, 6.07) is 8.96. The van der Waals surface area contributed by atoms with Crippen molar-refractivity contribution in [2.45, 2.75) is 65.3 Å². The average Bonchev–Trinajstić information content (AvgIpc) is 2.27. The quantitative estimate of drug-likeness (QED) is 0.839. The summed E-state index contributed by atoms with van der Waals surface area (Å²) in [5.41, 5.74) is 3.56. The van der Waals surface area contributed by atoms with Gasteiger partial charge in [-0.15, -0.1) is 0 Å². The predicted molar refractivity (Wildman–Crippen MR) is 88.2 cm³/mol. The van der Waals surface area contributed by atoms with Crippen molar-refractivity contribution < 1.29 is 0 Å². The van der Waals surface area contributed by atoms with Gasteiger partial charge in [0.15, 0.2) is 0 Å². The van der Waals surface area contributed by atoms with Gasteiger partial charge in [-0.2, -0.15) is 0 Å². The van der Waals surface area contributed by atoms with Crippen LogP contribution in [0, 0.1) is 18.8 Å². The molecule has 0 aliphatic heterocycles. The Labute approximate surface area is 125 Å². The van der Waals surface area contributed by atoms with Crippen molar-refractivity contribution in [3.05, 3.63) is 35.4 Å². The molecule has 0 atom stereocenters. The van der Waals surface area contributed by atoms with Gasteiger partial charge in [-0.3, -0.25) is 0 Å². The monoisotopic (exact) mass is 273 g/mol. The zero-order chi connectivity index (χ0) is 15.0. The van der Waals surface area contributed by atoms with Gasteiger partial charge in [0.1, 0.15) is 0 Å². The molecule has 1 aliphatic carbocycles. The first-order valence-electron chi connectivity index (χ1n) is 8.05. The van der Waals surface area contributed by atoms with Crippen LogP contribution in [0.2, 0.25) is 0 Å². The zero-order valence-electron chi connectivity index (χ0n) is 14.1. The first-order chi connectivity index (χ1) is 9.23. The van der Waals surface area contributed by atoms with Crippen LogP contribution in [0.3, 0.4) is 0 Å². The molecule has 0 amide bonds. The maximum absolute atomic E-state index is 3.75. The van der Waals surface area contributed by atoms with Crippen LogP contribution in [-0.4, -0.2) is 12.1 Å². The standard InChI is InChI=1S/C19H31N/c1-14(2)16-11-19(12-16,13-20-18(4,5)6)17-10-8-7-9-15(17)3/h7-10,14,16,20H,11-13H2,1-6H3. The molecule has 0 saturated heterocycles. The van der Waals surface area contributed by atoms with Crippen LogP contribution in [0.5, 0.6) is 0 Å². The lowest BCUT2D eigenvalue weighted by molar-refractivity contribution is 0.0907. The molecule has 0 spiro atoms. The van der Waals surface area contributed by atoms with Crippen LogP contribution < -0.4 is 5.32 Å². The summed E-state index contributed by atoms with van der Waals surface area (Å²) in [6.45, 7) is 14.9. The molecule has 1 fully saturated rings. The van der Waals surface area contributed by atoms with Gasteiger partial charge in [-0.25, -0.2) is 0 Å². The smallest absolute Gasteiger partial charge is 0.00968 e. The van der Waals surface area contributed by atoms with E-state index in [1.165, 1.54) is 18.4 Å². The summed E-state index contributed by atoms with van der Waals surface area (Å²) in [6.07, 6.45) is 2.66. The van der Waals surface area contributed by atoms with Crippen molar-refractivity contribution in [2.24, 2.45) is 11.8 Å². The second-order valence-electron chi connectivity index (χ2n) is 8.11. The summed E-state index contributed by atoms with van der Waals surface area (Å²) >= 11 is 0. The Morgan fingerprint density at radius 2 is 1.80 bits per heavy atom. The van der Waals surface area contributed by atoms with E-state index in [-0.39, 0.29) is 5.54 Å². The van der Waals surface area contributed by atoms with Gasteiger partial charge in [0, 0.05) is 17.5 Å². The van der Waals surface area contributed by atoms with Crippen LogP contribution in [0.25, 0.3) is 0 Å². The van der Waals surface area contributed by atoms with E-state index in [9.17, 15) is 0 Å². The van der Waals surface area contributed by atoms with E-state index >= 15 is 0 Å².